The van der Waals surface area contributed by atoms with Gasteiger partial charge in [-0.05, 0) is 22.6 Å². The topological polar surface area (TPSA) is 73.1 Å². The normalized spacial score (nSPS) is 12.1. The zero-order valence-corrected chi connectivity index (χ0v) is 10.6. The number of halogens is 4. The maximum absolute atomic E-state index is 12.4. The van der Waals surface area contributed by atoms with Gasteiger partial charge in [-0.1, -0.05) is 0 Å². The molecule has 0 aliphatic rings. The van der Waals surface area contributed by atoms with Crippen LogP contribution in [-0.4, -0.2) is 13.4 Å². The zero-order chi connectivity index (χ0) is 11.8. The standard InChI is InChI=1S/C6H4ClF2IN2O2S/c7-15(13,14)6-4(11)3(10)2(1-12-6)5(8)9/h1,5H,11H2. The molecule has 1 heterocycles. The fraction of sp³-hybridized carbons (Fsp3) is 0.167. The predicted molar refractivity (Wildman–Crippen MR) is 59.4 cm³/mol. The van der Waals surface area contributed by atoms with Gasteiger partial charge in [0.25, 0.3) is 15.5 Å². The molecule has 0 aliphatic heterocycles. The predicted octanol–water partition coefficient (Wildman–Crippen LogP) is 2.13. The molecule has 1 aromatic rings. The maximum atomic E-state index is 12.4. The van der Waals surface area contributed by atoms with Crippen molar-refractivity contribution in [2.24, 2.45) is 0 Å². The van der Waals surface area contributed by atoms with Crippen molar-refractivity contribution >= 4 is 48.0 Å². The van der Waals surface area contributed by atoms with Gasteiger partial charge in [-0.15, -0.1) is 0 Å². The fourth-order valence-electron chi connectivity index (χ4n) is 0.850. The lowest BCUT2D eigenvalue weighted by Crippen LogP contribution is -2.06. The second-order valence-corrected chi connectivity index (χ2v) is 6.04. The molecule has 9 heteroatoms. The van der Waals surface area contributed by atoms with Gasteiger partial charge in [0.05, 0.1) is 11.3 Å². The molecule has 15 heavy (non-hydrogen) atoms. The van der Waals surface area contributed by atoms with Crippen LogP contribution in [0.5, 0.6) is 0 Å². The number of nitrogens with two attached hydrogens (primary N) is 1. The van der Waals surface area contributed by atoms with Crippen LogP contribution < -0.4 is 5.73 Å². The lowest BCUT2D eigenvalue weighted by atomic mass is 10.3. The third kappa shape index (κ3) is 2.67. The summed E-state index contributed by atoms with van der Waals surface area (Å²) in [5.41, 5.74) is 4.56. The van der Waals surface area contributed by atoms with Gasteiger partial charge in [0.2, 0.25) is 0 Å². The highest BCUT2D eigenvalue weighted by atomic mass is 127. The third-order valence-electron chi connectivity index (χ3n) is 1.51. The van der Waals surface area contributed by atoms with E-state index in [0.29, 0.717) is 0 Å². The number of nitrogen functional groups attached to an aromatic ring is 1. The summed E-state index contributed by atoms with van der Waals surface area (Å²) in [5.74, 6) is 0. The molecule has 0 radical (unpaired) electrons. The van der Waals surface area contributed by atoms with E-state index in [1.165, 1.54) is 22.6 Å². The summed E-state index contributed by atoms with van der Waals surface area (Å²) >= 11 is 1.52. The highest BCUT2D eigenvalue weighted by Gasteiger charge is 2.22. The molecular formula is C6H4ClF2IN2O2S. The molecule has 4 nitrogen and oxygen atoms in total. The molecule has 0 unspecified atom stereocenters. The van der Waals surface area contributed by atoms with E-state index in [1.54, 1.807) is 0 Å². The van der Waals surface area contributed by atoms with Crippen molar-refractivity contribution in [1.29, 1.82) is 0 Å². The first kappa shape index (κ1) is 12.8. The molecular weight excluding hydrogens is 364 g/mol. The summed E-state index contributed by atoms with van der Waals surface area (Å²) in [6.45, 7) is 0. The van der Waals surface area contributed by atoms with Gasteiger partial charge in [-0.2, -0.15) is 0 Å². The van der Waals surface area contributed by atoms with Gasteiger partial charge in [-0.25, -0.2) is 22.2 Å². The number of alkyl halides is 2. The van der Waals surface area contributed by atoms with Crippen molar-refractivity contribution < 1.29 is 17.2 Å². The molecule has 84 valence electrons. The molecule has 1 rings (SSSR count). The van der Waals surface area contributed by atoms with E-state index in [1.807, 2.05) is 0 Å². The largest absolute Gasteiger partial charge is 0.395 e. The van der Waals surface area contributed by atoms with E-state index < -0.39 is 26.1 Å². The van der Waals surface area contributed by atoms with Crippen LogP contribution in [0.15, 0.2) is 11.2 Å². The van der Waals surface area contributed by atoms with E-state index >= 15 is 0 Å². The Morgan fingerprint density at radius 3 is 2.47 bits per heavy atom. The van der Waals surface area contributed by atoms with E-state index in [9.17, 15) is 17.2 Å². The smallest absolute Gasteiger partial charge is 0.280 e. The Hall–Kier alpha value is -0.220. The molecule has 2 N–H and O–H groups in total. The molecule has 0 saturated carbocycles. The molecule has 0 aliphatic carbocycles. The van der Waals surface area contributed by atoms with Gasteiger partial charge in [-0.3, -0.25) is 0 Å². The van der Waals surface area contributed by atoms with E-state index in [4.69, 9.17) is 16.4 Å². The van der Waals surface area contributed by atoms with Crippen molar-refractivity contribution in [3.63, 3.8) is 0 Å². The SMILES string of the molecule is Nc1c(S(=O)(=O)Cl)ncc(C(F)F)c1I. The number of aromatic nitrogens is 1. The fourth-order valence-corrected chi connectivity index (χ4v) is 2.58. The highest BCUT2D eigenvalue weighted by Crippen LogP contribution is 2.31. The Morgan fingerprint density at radius 2 is 2.07 bits per heavy atom. The number of hydrogen-bond acceptors (Lipinski definition) is 4. The minimum atomic E-state index is -4.11. The van der Waals surface area contributed by atoms with Gasteiger partial charge in [0.1, 0.15) is 0 Å². The number of hydrogen-bond donors (Lipinski definition) is 1. The minimum Gasteiger partial charge on any atom is -0.395 e. The summed E-state index contributed by atoms with van der Waals surface area (Å²) < 4.78 is 46.5. The lowest BCUT2D eigenvalue weighted by molar-refractivity contribution is 0.150. The highest BCUT2D eigenvalue weighted by molar-refractivity contribution is 14.1. The van der Waals surface area contributed by atoms with Crippen LogP contribution in [0.1, 0.15) is 12.0 Å². The van der Waals surface area contributed by atoms with Gasteiger partial charge in [0, 0.05) is 20.4 Å². The Bertz CT molecular complexity index is 494. The monoisotopic (exact) mass is 368 g/mol. The first-order chi connectivity index (χ1) is 6.75. The van der Waals surface area contributed by atoms with Crippen molar-refractivity contribution in [2.75, 3.05) is 5.73 Å². The van der Waals surface area contributed by atoms with E-state index in [2.05, 4.69) is 4.98 Å². The van der Waals surface area contributed by atoms with E-state index in [-0.39, 0.29) is 9.26 Å². The summed E-state index contributed by atoms with van der Waals surface area (Å²) in [6, 6.07) is 0. The van der Waals surface area contributed by atoms with Gasteiger partial charge < -0.3 is 5.73 Å². The van der Waals surface area contributed by atoms with Crippen molar-refractivity contribution in [2.45, 2.75) is 11.5 Å². The van der Waals surface area contributed by atoms with Crippen molar-refractivity contribution in [1.82, 2.24) is 4.98 Å². The van der Waals surface area contributed by atoms with Crippen molar-refractivity contribution in [3.8, 4) is 0 Å². The molecule has 0 fully saturated rings. The van der Waals surface area contributed by atoms with E-state index in [0.717, 1.165) is 6.20 Å². The van der Waals surface area contributed by atoms with Crippen LogP contribution in [0.2, 0.25) is 0 Å². The molecule has 0 bridgehead atoms. The number of nitrogens with zero attached hydrogens (tertiary/aromatic N) is 1. The Labute approximate surface area is 102 Å². The first-order valence-electron chi connectivity index (χ1n) is 3.42. The first-order valence-corrected chi connectivity index (χ1v) is 6.80. The molecule has 0 spiro atoms. The maximum Gasteiger partial charge on any atom is 0.280 e. The molecule has 1 aromatic heterocycles. The van der Waals surface area contributed by atoms with Gasteiger partial charge >= 0.3 is 0 Å². The molecule has 0 saturated heterocycles. The van der Waals surface area contributed by atoms with Crippen LogP contribution in [-0.2, 0) is 9.05 Å². The van der Waals surface area contributed by atoms with Crippen LogP contribution in [0.4, 0.5) is 14.5 Å². The number of anilines is 1. The Kier molecular flexibility index (Phi) is 3.71. The lowest BCUT2D eigenvalue weighted by Gasteiger charge is -2.07. The minimum absolute atomic E-state index is 0.0585. The van der Waals surface area contributed by atoms with Crippen LogP contribution in [0.25, 0.3) is 0 Å². The third-order valence-corrected chi connectivity index (χ3v) is 3.94. The van der Waals surface area contributed by atoms with Crippen molar-refractivity contribution in [3.05, 3.63) is 15.3 Å². The summed E-state index contributed by atoms with van der Waals surface area (Å²) in [4.78, 5) is 3.30. The zero-order valence-electron chi connectivity index (χ0n) is 6.92. The molecule has 0 amide bonds. The van der Waals surface area contributed by atoms with Crippen LogP contribution in [0.3, 0.4) is 0 Å². The number of pyridine rings is 1. The summed E-state index contributed by atoms with van der Waals surface area (Å²) in [5, 5.41) is -0.599. The summed E-state index contributed by atoms with van der Waals surface area (Å²) in [6.07, 6.45) is -2.02. The Morgan fingerprint density at radius 1 is 1.53 bits per heavy atom. The summed E-state index contributed by atoms with van der Waals surface area (Å²) in [7, 11) is 0.895. The van der Waals surface area contributed by atoms with Crippen LogP contribution >= 0.6 is 33.3 Å². The van der Waals surface area contributed by atoms with Gasteiger partial charge in [0.15, 0.2) is 5.03 Å². The average molecular weight is 369 g/mol. The molecule has 0 atom stereocenters. The quantitative estimate of drug-likeness (QED) is 0.641. The Balaban J connectivity index is 3.48. The molecule has 0 aromatic carbocycles. The average Bonchev–Trinajstić information content (AvgIpc) is 2.06. The second-order valence-electron chi connectivity index (χ2n) is 2.48. The second kappa shape index (κ2) is 4.34. The number of rotatable bonds is 2. The van der Waals surface area contributed by atoms with Crippen LogP contribution in [0, 0.1) is 3.57 Å².